The van der Waals surface area contributed by atoms with Crippen molar-refractivity contribution in [2.45, 2.75) is 25.1 Å². The van der Waals surface area contributed by atoms with E-state index in [1.54, 1.807) is 33.8 Å². The Morgan fingerprint density at radius 2 is 1.74 bits per heavy atom. The van der Waals surface area contributed by atoms with Crippen molar-refractivity contribution in [2.75, 3.05) is 18.8 Å². The van der Waals surface area contributed by atoms with Crippen molar-refractivity contribution in [3.8, 4) is 22.8 Å². The standard InChI is InChI=1S/C26H22BrF3N6O2/c1-15(27)25(37)35-12-2-3-18(13-35)36-24-21(23(31)32-14-33-24)22(34-36)16-4-8-19(9-5-16)38-20-10-6-17(7-11-20)26(28,29)30/h4-11,14,18H,1-3,12-13H2,(H2,31,32,33)/t18-/m1/s1. The third-order valence-electron chi connectivity index (χ3n) is 6.32. The lowest BCUT2D eigenvalue weighted by atomic mass is 10.1. The minimum Gasteiger partial charge on any atom is -0.457 e. The third kappa shape index (κ3) is 5.08. The van der Waals surface area contributed by atoms with Gasteiger partial charge >= 0.3 is 6.18 Å². The fraction of sp³-hybridized carbons (Fsp3) is 0.231. The van der Waals surface area contributed by atoms with Gasteiger partial charge in [0.1, 0.15) is 29.3 Å². The van der Waals surface area contributed by atoms with Gasteiger partial charge in [0.15, 0.2) is 5.65 Å². The average Bonchev–Trinajstić information content (AvgIpc) is 3.29. The first-order chi connectivity index (χ1) is 18.1. The molecule has 0 bridgehead atoms. The van der Waals surface area contributed by atoms with Crippen molar-refractivity contribution in [1.82, 2.24) is 24.6 Å². The van der Waals surface area contributed by atoms with E-state index in [1.165, 1.54) is 18.5 Å². The molecular weight excluding hydrogens is 565 g/mol. The van der Waals surface area contributed by atoms with Gasteiger partial charge in [0.2, 0.25) is 0 Å². The molecule has 1 aliphatic rings. The largest absolute Gasteiger partial charge is 0.457 e. The van der Waals surface area contributed by atoms with Gasteiger partial charge in [-0.15, -0.1) is 0 Å². The number of piperidine rings is 1. The number of likely N-dealkylation sites (tertiary alicyclic amines) is 1. The summed E-state index contributed by atoms with van der Waals surface area (Å²) in [6.45, 7) is 4.77. The summed E-state index contributed by atoms with van der Waals surface area (Å²) in [6.07, 6.45) is -1.43. The van der Waals surface area contributed by atoms with Crippen molar-refractivity contribution in [2.24, 2.45) is 0 Å². The summed E-state index contributed by atoms with van der Waals surface area (Å²) >= 11 is 3.17. The average molecular weight is 587 g/mol. The third-order valence-corrected chi connectivity index (χ3v) is 6.66. The van der Waals surface area contributed by atoms with Gasteiger partial charge in [-0.1, -0.05) is 6.58 Å². The first-order valence-corrected chi connectivity index (χ1v) is 12.5. The Labute approximate surface area is 224 Å². The van der Waals surface area contributed by atoms with Crippen LogP contribution in [0.5, 0.6) is 11.5 Å². The number of nitrogens with zero attached hydrogens (tertiary/aromatic N) is 5. The van der Waals surface area contributed by atoms with Crippen LogP contribution in [0.15, 0.2) is 65.9 Å². The lowest BCUT2D eigenvalue weighted by Crippen LogP contribution is -2.41. The molecule has 4 aromatic rings. The lowest BCUT2D eigenvalue weighted by Gasteiger charge is -2.32. The second-order valence-corrected chi connectivity index (χ2v) is 9.81. The lowest BCUT2D eigenvalue weighted by molar-refractivity contribution is -0.137. The Balaban J connectivity index is 1.43. The number of fused-ring (bicyclic) bond motifs is 1. The maximum Gasteiger partial charge on any atom is 0.416 e. The Morgan fingerprint density at radius 1 is 1.08 bits per heavy atom. The molecule has 1 atom stereocenters. The molecule has 8 nitrogen and oxygen atoms in total. The number of nitrogens with two attached hydrogens (primary N) is 1. The number of carbonyl (C=O) groups excluding carboxylic acids is 1. The molecule has 3 heterocycles. The number of hydrogen-bond acceptors (Lipinski definition) is 6. The van der Waals surface area contributed by atoms with Gasteiger partial charge in [0.25, 0.3) is 5.91 Å². The summed E-state index contributed by atoms with van der Waals surface area (Å²) in [5.74, 6) is 0.835. The van der Waals surface area contributed by atoms with Crippen molar-refractivity contribution in [3.63, 3.8) is 0 Å². The zero-order valence-electron chi connectivity index (χ0n) is 20.0. The number of aromatic nitrogens is 4. The highest BCUT2D eigenvalue weighted by molar-refractivity contribution is 9.12. The summed E-state index contributed by atoms with van der Waals surface area (Å²) in [7, 11) is 0. The summed E-state index contributed by atoms with van der Waals surface area (Å²) in [5.41, 5.74) is 7.36. The van der Waals surface area contributed by atoms with E-state index in [0.29, 0.717) is 40.0 Å². The number of carbonyl (C=O) groups is 1. The monoisotopic (exact) mass is 586 g/mol. The first-order valence-electron chi connectivity index (χ1n) is 11.7. The van der Waals surface area contributed by atoms with Crippen molar-refractivity contribution >= 4 is 38.7 Å². The van der Waals surface area contributed by atoms with E-state index in [2.05, 4.69) is 32.5 Å². The van der Waals surface area contributed by atoms with Crippen LogP contribution in [0.25, 0.3) is 22.3 Å². The highest BCUT2D eigenvalue weighted by Gasteiger charge is 2.30. The predicted molar refractivity (Wildman–Crippen MR) is 140 cm³/mol. The van der Waals surface area contributed by atoms with Crippen LogP contribution in [0.1, 0.15) is 24.4 Å². The quantitative estimate of drug-likeness (QED) is 0.290. The predicted octanol–water partition coefficient (Wildman–Crippen LogP) is 5.96. The molecule has 1 fully saturated rings. The Hall–Kier alpha value is -3.93. The van der Waals surface area contributed by atoms with Crippen LogP contribution in [0.4, 0.5) is 19.0 Å². The summed E-state index contributed by atoms with van der Waals surface area (Å²) in [5, 5.41) is 5.44. The zero-order chi connectivity index (χ0) is 27.0. The molecule has 0 spiro atoms. The number of benzene rings is 2. The topological polar surface area (TPSA) is 99.2 Å². The van der Waals surface area contributed by atoms with Crippen LogP contribution in [-0.2, 0) is 11.0 Å². The maximum absolute atomic E-state index is 12.8. The molecule has 2 aromatic carbocycles. The van der Waals surface area contributed by atoms with Gasteiger partial charge in [-0.2, -0.15) is 18.3 Å². The molecule has 1 saturated heterocycles. The highest BCUT2D eigenvalue weighted by Crippen LogP contribution is 2.36. The van der Waals surface area contributed by atoms with E-state index in [-0.39, 0.29) is 23.5 Å². The Morgan fingerprint density at radius 3 is 2.37 bits per heavy atom. The van der Waals surface area contributed by atoms with Gasteiger partial charge in [0.05, 0.1) is 21.5 Å². The normalized spacial score (nSPS) is 16.0. The zero-order valence-corrected chi connectivity index (χ0v) is 21.5. The van der Waals surface area contributed by atoms with Crippen molar-refractivity contribution < 1.29 is 22.7 Å². The Kier molecular flexibility index (Phi) is 6.82. The number of halogens is 4. The molecule has 1 amide bonds. The number of amides is 1. The minimum atomic E-state index is -4.41. The van der Waals surface area contributed by atoms with E-state index >= 15 is 0 Å². The van der Waals surface area contributed by atoms with Crippen molar-refractivity contribution in [3.05, 3.63) is 71.5 Å². The molecule has 0 unspecified atom stereocenters. The fourth-order valence-corrected chi connectivity index (χ4v) is 4.74. The first kappa shape index (κ1) is 25.7. The van der Waals surface area contributed by atoms with Gasteiger partial charge in [-0.25, -0.2) is 14.6 Å². The fourth-order valence-electron chi connectivity index (χ4n) is 4.49. The van der Waals surface area contributed by atoms with E-state index in [9.17, 15) is 18.0 Å². The van der Waals surface area contributed by atoms with Gasteiger partial charge < -0.3 is 15.4 Å². The number of ether oxygens (including phenoxy) is 1. The molecule has 1 aliphatic heterocycles. The minimum absolute atomic E-state index is 0.118. The Bertz CT molecular complexity index is 1500. The van der Waals surface area contributed by atoms with E-state index in [1.807, 2.05) is 0 Å². The summed E-state index contributed by atoms with van der Waals surface area (Å²) in [6, 6.07) is 11.3. The molecule has 2 aromatic heterocycles. The number of alkyl halides is 3. The van der Waals surface area contributed by atoms with Crippen LogP contribution in [-0.4, -0.2) is 43.6 Å². The maximum atomic E-state index is 12.8. The number of nitrogen functional groups attached to an aromatic ring is 1. The second kappa shape index (κ2) is 10.1. The molecule has 38 heavy (non-hydrogen) atoms. The number of anilines is 1. The summed E-state index contributed by atoms with van der Waals surface area (Å²) < 4.78 is 46.2. The molecular formula is C26H22BrF3N6O2. The molecule has 0 saturated carbocycles. The van der Waals surface area contributed by atoms with Crippen LogP contribution in [0.2, 0.25) is 0 Å². The molecule has 2 N–H and O–H groups in total. The van der Waals surface area contributed by atoms with Gasteiger partial charge in [-0.3, -0.25) is 4.79 Å². The second-order valence-electron chi connectivity index (χ2n) is 8.85. The van der Waals surface area contributed by atoms with Crippen LogP contribution >= 0.6 is 15.9 Å². The molecule has 5 rings (SSSR count). The molecule has 0 radical (unpaired) electrons. The van der Waals surface area contributed by atoms with Gasteiger partial charge in [0, 0.05) is 18.7 Å². The van der Waals surface area contributed by atoms with Crippen LogP contribution in [0.3, 0.4) is 0 Å². The van der Waals surface area contributed by atoms with Crippen LogP contribution in [0, 0.1) is 0 Å². The number of hydrogen-bond donors (Lipinski definition) is 1. The molecule has 196 valence electrons. The smallest absolute Gasteiger partial charge is 0.416 e. The highest BCUT2D eigenvalue weighted by atomic mass is 79.9. The molecule has 12 heteroatoms. The van der Waals surface area contributed by atoms with Gasteiger partial charge in [-0.05, 0) is 77.3 Å². The van der Waals surface area contributed by atoms with E-state index in [4.69, 9.17) is 15.6 Å². The molecule has 0 aliphatic carbocycles. The van der Waals surface area contributed by atoms with Crippen LogP contribution < -0.4 is 10.5 Å². The number of rotatable bonds is 5. The summed E-state index contributed by atoms with van der Waals surface area (Å²) in [4.78, 5) is 22.8. The SMILES string of the molecule is C=C(Br)C(=O)N1CCC[C@@H](n2nc(-c3ccc(Oc4ccc(C(F)(F)F)cc4)cc3)c3c(N)ncnc32)C1. The van der Waals surface area contributed by atoms with E-state index in [0.717, 1.165) is 30.5 Å². The van der Waals surface area contributed by atoms with E-state index < -0.39 is 11.7 Å². The van der Waals surface area contributed by atoms with Crippen molar-refractivity contribution in [1.29, 1.82) is 0 Å².